The molecule has 5 rings (SSSR count). The van der Waals surface area contributed by atoms with Crippen molar-refractivity contribution in [3.63, 3.8) is 0 Å². The largest absolute Gasteiger partial charge is 0.444 e. The fraction of sp³-hybridized carbons (Fsp3) is 0.538. The maximum Gasteiger partial charge on any atom is 0.410 e. The number of likely N-dealkylation sites (tertiary alicyclic amines) is 1. The van der Waals surface area contributed by atoms with E-state index in [1.54, 1.807) is 0 Å². The predicted octanol–water partition coefficient (Wildman–Crippen LogP) is 3.70. The summed E-state index contributed by atoms with van der Waals surface area (Å²) in [5.74, 6) is 0.358. The normalized spacial score (nSPS) is 22.4. The summed E-state index contributed by atoms with van der Waals surface area (Å²) >= 11 is 0. The van der Waals surface area contributed by atoms with Crippen LogP contribution in [0.4, 0.5) is 15.0 Å². The number of carbonyl (C=O) groups excluding carboxylic acids is 1. The number of hydrogen-bond acceptors (Lipinski definition) is 6. The van der Waals surface area contributed by atoms with E-state index in [1.807, 2.05) is 37.8 Å². The van der Waals surface area contributed by atoms with Gasteiger partial charge in [-0.15, -0.1) is 0 Å². The molecule has 2 unspecified atom stereocenters. The van der Waals surface area contributed by atoms with E-state index in [2.05, 4.69) is 4.90 Å². The number of amides is 1. The lowest BCUT2D eigenvalue weighted by Gasteiger charge is -2.42. The zero-order valence-electron chi connectivity index (χ0n) is 21.0. The van der Waals surface area contributed by atoms with E-state index >= 15 is 0 Å². The molecule has 0 aliphatic carbocycles. The van der Waals surface area contributed by atoms with Gasteiger partial charge in [-0.3, -0.25) is 0 Å². The van der Waals surface area contributed by atoms with Crippen LogP contribution in [0.25, 0.3) is 0 Å². The highest BCUT2D eigenvalue weighted by Crippen LogP contribution is 2.35. The molecule has 4 heterocycles. The Hall–Kier alpha value is -2.72. The molecule has 0 radical (unpaired) electrons. The van der Waals surface area contributed by atoms with E-state index in [-0.39, 0.29) is 36.3 Å². The first-order chi connectivity index (χ1) is 17.0. The summed E-state index contributed by atoms with van der Waals surface area (Å²) in [5.41, 5.74) is 1.88. The zero-order chi connectivity index (χ0) is 25.7. The molecular formula is C26H33FN4O4S. The maximum absolute atomic E-state index is 13.2. The standard InChI is InChI=1S/C26H33FN4O4S/c1-26(2,3)35-25(32)29-15-21-9-10-22(16-29)31(21)24-11-6-19-14-30(13-12-23(19)28-24)36(33,34)17-18-4-7-20(27)8-5-18/h4-8,11,21-22H,9-10,12-17H2,1-3H3. The number of ether oxygens (including phenoxy) is 1. The van der Waals surface area contributed by atoms with E-state index in [0.717, 1.165) is 29.9 Å². The molecule has 1 amide bonds. The molecular weight excluding hydrogens is 483 g/mol. The molecule has 194 valence electrons. The number of rotatable bonds is 4. The number of fused-ring (bicyclic) bond motifs is 3. The van der Waals surface area contributed by atoms with E-state index in [0.29, 0.717) is 31.6 Å². The number of anilines is 1. The Kier molecular flexibility index (Phi) is 6.45. The quantitative estimate of drug-likeness (QED) is 0.616. The van der Waals surface area contributed by atoms with Crippen LogP contribution in [0.1, 0.15) is 50.4 Å². The smallest absolute Gasteiger partial charge is 0.410 e. The van der Waals surface area contributed by atoms with E-state index in [1.165, 1.54) is 28.6 Å². The van der Waals surface area contributed by atoms with Gasteiger partial charge in [-0.1, -0.05) is 18.2 Å². The summed E-state index contributed by atoms with van der Waals surface area (Å²) in [6.07, 6.45) is 2.27. The molecule has 2 bridgehead atoms. The second-order valence-corrected chi connectivity index (χ2v) is 12.9. The summed E-state index contributed by atoms with van der Waals surface area (Å²) in [5, 5.41) is 0. The van der Waals surface area contributed by atoms with Crippen LogP contribution in [0.2, 0.25) is 0 Å². The second-order valence-electron chi connectivity index (χ2n) is 10.9. The van der Waals surface area contributed by atoms with Gasteiger partial charge in [0.1, 0.15) is 17.2 Å². The van der Waals surface area contributed by atoms with Gasteiger partial charge in [-0.25, -0.2) is 22.6 Å². The molecule has 2 aromatic rings. The first-order valence-corrected chi connectivity index (χ1v) is 14.1. The number of hydrogen-bond donors (Lipinski definition) is 0. The molecule has 3 aliphatic heterocycles. The Morgan fingerprint density at radius 2 is 1.75 bits per heavy atom. The molecule has 3 aliphatic rings. The van der Waals surface area contributed by atoms with Gasteiger partial charge in [0.15, 0.2) is 0 Å². The van der Waals surface area contributed by atoms with Crippen molar-refractivity contribution in [2.24, 2.45) is 0 Å². The summed E-state index contributed by atoms with van der Waals surface area (Å²) < 4.78 is 46.2. The van der Waals surface area contributed by atoms with Crippen molar-refractivity contribution in [1.29, 1.82) is 0 Å². The van der Waals surface area contributed by atoms with E-state index < -0.39 is 15.6 Å². The molecule has 2 fully saturated rings. The van der Waals surface area contributed by atoms with Crippen molar-refractivity contribution in [2.75, 3.05) is 24.5 Å². The molecule has 1 aromatic heterocycles. The lowest BCUT2D eigenvalue weighted by Crippen LogP contribution is -2.56. The van der Waals surface area contributed by atoms with Crippen LogP contribution < -0.4 is 4.90 Å². The highest BCUT2D eigenvalue weighted by atomic mass is 32.2. The maximum atomic E-state index is 13.2. The minimum absolute atomic E-state index is 0.153. The van der Waals surface area contributed by atoms with Crippen LogP contribution in [0.3, 0.4) is 0 Å². The number of piperazine rings is 1. The number of benzene rings is 1. The van der Waals surface area contributed by atoms with Gasteiger partial charge in [0.05, 0.1) is 5.75 Å². The predicted molar refractivity (Wildman–Crippen MR) is 134 cm³/mol. The Balaban J connectivity index is 1.27. The molecule has 0 spiro atoms. The number of aromatic nitrogens is 1. The Morgan fingerprint density at radius 3 is 2.39 bits per heavy atom. The van der Waals surface area contributed by atoms with Crippen LogP contribution in [0.15, 0.2) is 36.4 Å². The van der Waals surface area contributed by atoms with Gasteiger partial charge in [0, 0.05) is 50.4 Å². The Morgan fingerprint density at radius 1 is 1.08 bits per heavy atom. The number of pyridine rings is 1. The minimum atomic E-state index is -3.53. The topological polar surface area (TPSA) is 83.1 Å². The summed E-state index contributed by atoms with van der Waals surface area (Å²) in [7, 11) is -3.53. The molecule has 36 heavy (non-hydrogen) atoms. The van der Waals surface area contributed by atoms with Gasteiger partial charge in [0.2, 0.25) is 10.0 Å². The van der Waals surface area contributed by atoms with Crippen molar-refractivity contribution in [3.05, 3.63) is 59.0 Å². The summed E-state index contributed by atoms with van der Waals surface area (Å²) in [6, 6.07) is 9.92. The van der Waals surface area contributed by atoms with Gasteiger partial charge in [-0.2, -0.15) is 4.31 Å². The fourth-order valence-electron chi connectivity index (χ4n) is 5.40. The van der Waals surface area contributed by atoms with Crippen LogP contribution in [0.5, 0.6) is 0 Å². The van der Waals surface area contributed by atoms with E-state index in [4.69, 9.17) is 9.72 Å². The van der Waals surface area contributed by atoms with Gasteiger partial charge in [0.25, 0.3) is 0 Å². The average molecular weight is 517 g/mol. The van der Waals surface area contributed by atoms with Crippen molar-refractivity contribution >= 4 is 21.9 Å². The van der Waals surface area contributed by atoms with Gasteiger partial charge in [-0.05, 0) is 62.9 Å². The highest BCUT2D eigenvalue weighted by Gasteiger charge is 2.43. The third-order valence-electron chi connectivity index (χ3n) is 7.05. The highest BCUT2D eigenvalue weighted by molar-refractivity contribution is 7.88. The first kappa shape index (κ1) is 25.0. The van der Waals surface area contributed by atoms with Crippen molar-refractivity contribution in [3.8, 4) is 0 Å². The SMILES string of the molecule is CC(C)(C)OC(=O)N1CC2CCC(C1)N2c1ccc2c(n1)CCN(S(=O)(=O)Cc1ccc(F)cc1)C2. The van der Waals surface area contributed by atoms with Crippen LogP contribution in [-0.2, 0) is 33.5 Å². The van der Waals surface area contributed by atoms with Crippen molar-refractivity contribution in [2.45, 2.75) is 70.0 Å². The molecule has 1 aromatic carbocycles. The Labute approximate surface area is 212 Å². The third-order valence-corrected chi connectivity index (χ3v) is 8.85. The first-order valence-electron chi connectivity index (χ1n) is 12.5. The number of carbonyl (C=O) groups is 1. The van der Waals surface area contributed by atoms with Gasteiger partial charge < -0.3 is 14.5 Å². The fourth-order valence-corrected chi connectivity index (χ4v) is 6.90. The molecule has 10 heteroatoms. The van der Waals surface area contributed by atoms with Crippen LogP contribution in [-0.4, -0.2) is 66.0 Å². The summed E-state index contributed by atoms with van der Waals surface area (Å²) in [4.78, 5) is 21.7. The van der Waals surface area contributed by atoms with Crippen LogP contribution >= 0.6 is 0 Å². The number of halogens is 1. The lowest BCUT2D eigenvalue weighted by atomic mass is 10.1. The lowest BCUT2D eigenvalue weighted by molar-refractivity contribution is 0.0209. The molecule has 2 saturated heterocycles. The molecule has 8 nitrogen and oxygen atoms in total. The van der Waals surface area contributed by atoms with Gasteiger partial charge >= 0.3 is 6.09 Å². The molecule has 0 N–H and O–H groups in total. The molecule has 2 atom stereocenters. The molecule has 0 saturated carbocycles. The number of nitrogens with zero attached hydrogens (tertiary/aromatic N) is 4. The monoisotopic (exact) mass is 516 g/mol. The third kappa shape index (κ3) is 5.20. The summed E-state index contributed by atoms with van der Waals surface area (Å²) in [6.45, 7) is 7.50. The van der Waals surface area contributed by atoms with Crippen LogP contribution in [0, 0.1) is 5.82 Å². The van der Waals surface area contributed by atoms with Crippen molar-refractivity contribution < 1.29 is 22.3 Å². The second kappa shape index (κ2) is 9.30. The Bertz CT molecular complexity index is 1230. The van der Waals surface area contributed by atoms with E-state index in [9.17, 15) is 17.6 Å². The number of sulfonamides is 1. The zero-order valence-corrected chi connectivity index (χ0v) is 21.8. The average Bonchev–Trinajstić information content (AvgIpc) is 3.07. The minimum Gasteiger partial charge on any atom is -0.444 e. The van der Waals surface area contributed by atoms with Crippen molar-refractivity contribution in [1.82, 2.24) is 14.2 Å².